The lowest BCUT2D eigenvalue weighted by Crippen LogP contribution is -2.13. The average molecular weight is 251 g/mol. The van der Waals surface area contributed by atoms with Crippen LogP contribution in [0.1, 0.15) is 0 Å². The molecule has 0 fully saturated rings. The average Bonchev–Trinajstić information content (AvgIpc) is 2.51. The standard InChI is InChI=1S/C6H13N5O2S2/c1-15(12,13)5-4-14-6-8-9-10-11(6)3-2-7/h2-5,7H2,1H3. The first kappa shape index (κ1) is 12.4. The fraction of sp³-hybridized carbons (Fsp3) is 0.833. The Bertz CT molecular complexity index is 401. The van der Waals surface area contributed by atoms with Crippen molar-refractivity contribution in [3.8, 4) is 0 Å². The Morgan fingerprint density at radius 2 is 2.27 bits per heavy atom. The smallest absolute Gasteiger partial charge is 0.209 e. The summed E-state index contributed by atoms with van der Waals surface area (Å²) in [4.78, 5) is 0. The molecule has 0 saturated carbocycles. The Morgan fingerprint density at radius 1 is 1.53 bits per heavy atom. The molecule has 0 amide bonds. The largest absolute Gasteiger partial charge is 0.329 e. The molecule has 0 atom stereocenters. The van der Waals surface area contributed by atoms with Crippen molar-refractivity contribution in [2.24, 2.45) is 5.73 Å². The summed E-state index contributed by atoms with van der Waals surface area (Å²) < 4.78 is 23.3. The zero-order valence-corrected chi connectivity index (χ0v) is 9.96. The Labute approximate surface area is 92.3 Å². The molecule has 0 saturated heterocycles. The summed E-state index contributed by atoms with van der Waals surface area (Å²) in [6.07, 6.45) is 1.20. The molecule has 0 aliphatic heterocycles. The van der Waals surface area contributed by atoms with Crippen LogP contribution in [0.2, 0.25) is 0 Å². The van der Waals surface area contributed by atoms with Gasteiger partial charge >= 0.3 is 0 Å². The number of rotatable bonds is 6. The van der Waals surface area contributed by atoms with Crippen LogP contribution in [0.4, 0.5) is 0 Å². The molecule has 15 heavy (non-hydrogen) atoms. The molecule has 0 radical (unpaired) electrons. The van der Waals surface area contributed by atoms with Gasteiger partial charge in [-0.25, -0.2) is 13.1 Å². The fourth-order valence-corrected chi connectivity index (χ4v) is 2.94. The SMILES string of the molecule is CS(=O)(=O)CCSc1nnnn1CCN. The Balaban J connectivity index is 2.47. The Kier molecular flexibility index (Phi) is 4.48. The summed E-state index contributed by atoms with van der Waals surface area (Å²) in [5, 5.41) is 11.6. The van der Waals surface area contributed by atoms with Gasteiger partial charge in [0.15, 0.2) is 0 Å². The summed E-state index contributed by atoms with van der Waals surface area (Å²) in [6, 6.07) is 0. The van der Waals surface area contributed by atoms with Gasteiger partial charge in [-0.05, 0) is 10.4 Å². The molecule has 0 aromatic carbocycles. The summed E-state index contributed by atoms with van der Waals surface area (Å²) in [6.45, 7) is 0.985. The predicted molar refractivity (Wildman–Crippen MR) is 57.3 cm³/mol. The van der Waals surface area contributed by atoms with Crippen molar-refractivity contribution in [3.05, 3.63) is 0 Å². The number of tetrazole rings is 1. The molecule has 2 N–H and O–H groups in total. The summed E-state index contributed by atoms with van der Waals surface area (Å²) in [5.41, 5.74) is 5.37. The van der Waals surface area contributed by atoms with E-state index in [4.69, 9.17) is 5.73 Å². The van der Waals surface area contributed by atoms with Gasteiger partial charge in [-0.1, -0.05) is 11.8 Å². The zero-order valence-electron chi connectivity index (χ0n) is 8.33. The molecule has 7 nitrogen and oxygen atoms in total. The maximum Gasteiger partial charge on any atom is 0.209 e. The second-order valence-electron chi connectivity index (χ2n) is 2.95. The van der Waals surface area contributed by atoms with E-state index in [0.717, 1.165) is 0 Å². The molecule has 0 aliphatic rings. The molecule has 0 bridgehead atoms. The highest BCUT2D eigenvalue weighted by Gasteiger charge is 2.08. The third kappa shape index (κ3) is 4.58. The highest BCUT2D eigenvalue weighted by atomic mass is 32.2. The van der Waals surface area contributed by atoms with E-state index in [1.807, 2.05) is 0 Å². The minimum Gasteiger partial charge on any atom is -0.329 e. The van der Waals surface area contributed by atoms with Crippen LogP contribution in [0.3, 0.4) is 0 Å². The maximum atomic E-state index is 10.9. The third-order valence-corrected chi connectivity index (χ3v) is 3.69. The number of nitrogens with two attached hydrogens (primary N) is 1. The highest BCUT2D eigenvalue weighted by Crippen LogP contribution is 2.13. The van der Waals surface area contributed by atoms with Gasteiger partial charge < -0.3 is 5.73 Å². The number of aromatic nitrogens is 4. The van der Waals surface area contributed by atoms with E-state index < -0.39 is 9.84 Å². The quantitative estimate of drug-likeness (QED) is 0.631. The van der Waals surface area contributed by atoms with Gasteiger partial charge in [-0.2, -0.15) is 0 Å². The normalized spacial score (nSPS) is 11.9. The lowest BCUT2D eigenvalue weighted by Gasteiger charge is -2.01. The summed E-state index contributed by atoms with van der Waals surface area (Å²) in [7, 11) is -2.93. The van der Waals surface area contributed by atoms with E-state index >= 15 is 0 Å². The lowest BCUT2D eigenvalue weighted by molar-refractivity contribution is 0.557. The van der Waals surface area contributed by atoms with E-state index in [9.17, 15) is 8.42 Å². The van der Waals surface area contributed by atoms with Gasteiger partial charge in [0, 0.05) is 18.6 Å². The second-order valence-corrected chi connectivity index (χ2v) is 6.27. The Hall–Kier alpha value is -0.670. The van der Waals surface area contributed by atoms with Crippen molar-refractivity contribution in [1.29, 1.82) is 0 Å². The van der Waals surface area contributed by atoms with E-state index in [1.165, 1.54) is 18.0 Å². The fourth-order valence-electron chi connectivity index (χ4n) is 0.847. The lowest BCUT2D eigenvalue weighted by atomic mass is 10.7. The first-order chi connectivity index (χ1) is 7.03. The molecular formula is C6H13N5O2S2. The first-order valence-electron chi connectivity index (χ1n) is 4.29. The van der Waals surface area contributed by atoms with Gasteiger partial charge in [0.2, 0.25) is 5.16 Å². The third-order valence-electron chi connectivity index (χ3n) is 1.53. The molecule has 1 heterocycles. The maximum absolute atomic E-state index is 10.9. The van der Waals surface area contributed by atoms with E-state index in [1.54, 1.807) is 4.68 Å². The minimum absolute atomic E-state index is 0.118. The molecule has 1 rings (SSSR count). The summed E-state index contributed by atoms with van der Waals surface area (Å²) >= 11 is 1.31. The Morgan fingerprint density at radius 3 is 2.87 bits per heavy atom. The predicted octanol–water partition coefficient (Wildman–Crippen LogP) is -1.23. The molecule has 0 aliphatic carbocycles. The molecule has 0 unspecified atom stereocenters. The zero-order chi connectivity index (χ0) is 11.3. The van der Waals surface area contributed by atoms with Gasteiger partial charge in [-0.15, -0.1) is 5.10 Å². The number of nitrogens with zero attached hydrogens (tertiary/aromatic N) is 4. The summed E-state index contributed by atoms with van der Waals surface area (Å²) in [5.74, 6) is 0.566. The first-order valence-corrected chi connectivity index (χ1v) is 7.34. The van der Waals surface area contributed by atoms with Crippen LogP contribution in [0.25, 0.3) is 0 Å². The molecule has 9 heteroatoms. The second kappa shape index (κ2) is 5.42. The van der Waals surface area contributed by atoms with Crippen LogP contribution in [-0.4, -0.2) is 52.9 Å². The van der Waals surface area contributed by atoms with Crippen molar-refractivity contribution < 1.29 is 8.42 Å². The van der Waals surface area contributed by atoms with Crippen molar-refractivity contribution >= 4 is 21.6 Å². The van der Waals surface area contributed by atoms with Crippen LogP contribution in [0.15, 0.2) is 5.16 Å². The van der Waals surface area contributed by atoms with Crippen LogP contribution in [-0.2, 0) is 16.4 Å². The van der Waals surface area contributed by atoms with Crippen LogP contribution in [0, 0.1) is 0 Å². The molecule has 0 spiro atoms. The van der Waals surface area contributed by atoms with Crippen molar-refractivity contribution in [2.75, 3.05) is 24.3 Å². The van der Waals surface area contributed by atoms with Gasteiger partial charge in [0.05, 0.1) is 12.3 Å². The van der Waals surface area contributed by atoms with Crippen molar-refractivity contribution in [2.45, 2.75) is 11.7 Å². The topological polar surface area (TPSA) is 104 Å². The van der Waals surface area contributed by atoms with Crippen LogP contribution < -0.4 is 5.73 Å². The van der Waals surface area contributed by atoms with Crippen LogP contribution in [0.5, 0.6) is 0 Å². The van der Waals surface area contributed by atoms with Crippen molar-refractivity contribution in [3.63, 3.8) is 0 Å². The van der Waals surface area contributed by atoms with E-state index in [2.05, 4.69) is 15.5 Å². The molecule has 1 aromatic rings. The monoisotopic (exact) mass is 251 g/mol. The number of hydrogen-bond acceptors (Lipinski definition) is 7. The van der Waals surface area contributed by atoms with Gasteiger partial charge in [-0.3, -0.25) is 0 Å². The molecular weight excluding hydrogens is 238 g/mol. The van der Waals surface area contributed by atoms with E-state index in [0.29, 0.717) is 24.0 Å². The minimum atomic E-state index is -2.93. The van der Waals surface area contributed by atoms with Crippen molar-refractivity contribution in [1.82, 2.24) is 20.2 Å². The molecule has 86 valence electrons. The van der Waals surface area contributed by atoms with Gasteiger partial charge in [0.25, 0.3) is 0 Å². The van der Waals surface area contributed by atoms with Crippen LogP contribution >= 0.6 is 11.8 Å². The number of sulfone groups is 1. The highest BCUT2D eigenvalue weighted by molar-refractivity contribution is 8.00. The van der Waals surface area contributed by atoms with E-state index in [-0.39, 0.29) is 5.75 Å². The number of hydrogen-bond donors (Lipinski definition) is 1. The molecule has 1 aromatic heterocycles. The number of thioether (sulfide) groups is 1. The van der Waals surface area contributed by atoms with Gasteiger partial charge in [0.1, 0.15) is 9.84 Å².